The number of anilines is 2. The zero-order valence-corrected chi connectivity index (χ0v) is 11.7. The van der Waals surface area contributed by atoms with E-state index in [2.05, 4.69) is 22.2 Å². The first-order valence-electron chi connectivity index (χ1n) is 7.31. The highest BCUT2D eigenvalue weighted by Gasteiger charge is 2.16. The summed E-state index contributed by atoms with van der Waals surface area (Å²) in [6.45, 7) is 2.78. The lowest BCUT2D eigenvalue weighted by atomic mass is 9.95. The summed E-state index contributed by atoms with van der Waals surface area (Å²) < 4.78 is 5.59. The van der Waals surface area contributed by atoms with Crippen molar-refractivity contribution in [3.8, 4) is 5.88 Å². The van der Waals surface area contributed by atoms with Crippen molar-refractivity contribution in [2.75, 3.05) is 17.7 Å². The molecule has 1 aliphatic carbocycles. The summed E-state index contributed by atoms with van der Waals surface area (Å²) in [6.07, 6.45) is 9.90. The molecule has 0 aliphatic heterocycles. The van der Waals surface area contributed by atoms with Crippen LogP contribution in [-0.4, -0.2) is 22.6 Å². The number of nitrogen functional groups attached to an aromatic ring is 1. The van der Waals surface area contributed by atoms with E-state index in [0.717, 1.165) is 12.8 Å². The minimum atomic E-state index is 0.481. The van der Waals surface area contributed by atoms with Crippen LogP contribution in [0.4, 0.5) is 11.5 Å². The van der Waals surface area contributed by atoms with Crippen molar-refractivity contribution in [1.82, 2.24) is 9.97 Å². The molecule has 1 saturated carbocycles. The predicted octanol–water partition coefficient (Wildman–Crippen LogP) is 2.98. The van der Waals surface area contributed by atoms with Gasteiger partial charge < -0.3 is 15.8 Å². The molecule has 5 heteroatoms. The lowest BCUT2D eigenvalue weighted by Gasteiger charge is -2.24. The molecule has 1 aliphatic rings. The van der Waals surface area contributed by atoms with E-state index in [1.165, 1.54) is 38.4 Å². The van der Waals surface area contributed by atoms with E-state index in [1.54, 1.807) is 0 Å². The number of aromatic nitrogens is 2. The molecule has 5 nitrogen and oxygen atoms in total. The third-order valence-corrected chi connectivity index (χ3v) is 3.53. The molecule has 0 saturated heterocycles. The van der Waals surface area contributed by atoms with Crippen molar-refractivity contribution in [2.45, 2.75) is 57.9 Å². The summed E-state index contributed by atoms with van der Waals surface area (Å²) in [7, 11) is 0. The van der Waals surface area contributed by atoms with Gasteiger partial charge in [-0.3, -0.25) is 0 Å². The number of nitrogens with one attached hydrogen (secondary N) is 1. The maximum atomic E-state index is 6.07. The van der Waals surface area contributed by atoms with Gasteiger partial charge in [-0.2, -0.15) is 4.98 Å². The summed E-state index contributed by atoms with van der Waals surface area (Å²) >= 11 is 0. The topological polar surface area (TPSA) is 73.1 Å². The molecule has 0 amide bonds. The molecule has 0 atom stereocenters. The van der Waals surface area contributed by atoms with Crippen LogP contribution in [0.2, 0.25) is 0 Å². The number of hydrogen-bond donors (Lipinski definition) is 2. The highest BCUT2D eigenvalue weighted by molar-refractivity contribution is 5.66. The van der Waals surface area contributed by atoms with E-state index in [-0.39, 0.29) is 0 Å². The fourth-order valence-electron chi connectivity index (χ4n) is 2.36. The Labute approximate surface area is 115 Å². The van der Waals surface area contributed by atoms with Gasteiger partial charge in [-0.05, 0) is 19.3 Å². The van der Waals surface area contributed by atoms with Gasteiger partial charge in [0.05, 0.1) is 6.61 Å². The largest absolute Gasteiger partial charge is 0.476 e. The van der Waals surface area contributed by atoms with Crippen LogP contribution in [-0.2, 0) is 0 Å². The lowest BCUT2D eigenvalue weighted by molar-refractivity contribution is 0.299. The Morgan fingerprint density at radius 3 is 2.84 bits per heavy atom. The Bertz CT molecular complexity index is 391. The van der Waals surface area contributed by atoms with Gasteiger partial charge >= 0.3 is 0 Å². The maximum Gasteiger partial charge on any atom is 0.242 e. The monoisotopic (exact) mass is 264 g/mol. The first-order chi connectivity index (χ1) is 9.31. The molecule has 19 heavy (non-hydrogen) atoms. The minimum absolute atomic E-state index is 0.481. The van der Waals surface area contributed by atoms with Gasteiger partial charge in [-0.25, -0.2) is 4.98 Å². The Balaban J connectivity index is 1.97. The molecule has 0 radical (unpaired) electrons. The van der Waals surface area contributed by atoms with Crippen molar-refractivity contribution >= 4 is 11.5 Å². The third kappa shape index (κ3) is 3.98. The number of unbranched alkanes of at least 4 members (excludes halogenated alkanes) is 1. The minimum Gasteiger partial charge on any atom is -0.476 e. The van der Waals surface area contributed by atoms with Crippen molar-refractivity contribution in [3.05, 3.63) is 6.33 Å². The van der Waals surface area contributed by atoms with Crippen LogP contribution in [0.1, 0.15) is 51.9 Å². The number of nitrogens with two attached hydrogens (primary N) is 1. The Kier molecular flexibility index (Phi) is 5.24. The first-order valence-corrected chi connectivity index (χ1v) is 7.31. The standard InChI is InChI=1S/C14H24N4O/c1-2-3-9-19-14-12(15)13(16-10-17-14)18-11-7-5-4-6-8-11/h10-11H,2-9,15H2,1H3,(H,16,17,18). The highest BCUT2D eigenvalue weighted by Crippen LogP contribution is 2.28. The molecule has 1 fully saturated rings. The van der Waals surface area contributed by atoms with Gasteiger partial charge in [-0.1, -0.05) is 32.6 Å². The molecule has 3 N–H and O–H groups in total. The van der Waals surface area contributed by atoms with Crippen molar-refractivity contribution in [1.29, 1.82) is 0 Å². The molecule has 1 aromatic heterocycles. The van der Waals surface area contributed by atoms with E-state index in [1.807, 2.05) is 0 Å². The van der Waals surface area contributed by atoms with Crippen LogP contribution in [0.15, 0.2) is 6.33 Å². The second kappa shape index (κ2) is 7.16. The summed E-state index contributed by atoms with van der Waals surface area (Å²) in [5.41, 5.74) is 6.60. The average Bonchev–Trinajstić information content (AvgIpc) is 2.44. The van der Waals surface area contributed by atoms with E-state index >= 15 is 0 Å². The van der Waals surface area contributed by atoms with Gasteiger partial charge in [0.25, 0.3) is 0 Å². The van der Waals surface area contributed by atoms with Crippen LogP contribution in [0.25, 0.3) is 0 Å². The number of rotatable bonds is 6. The molecule has 0 unspecified atom stereocenters. The lowest BCUT2D eigenvalue weighted by Crippen LogP contribution is -2.23. The first kappa shape index (κ1) is 13.9. The smallest absolute Gasteiger partial charge is 0.242 e. The fourth-order valence-corrected chi connectivity index (χ4v) is 2.36. The van der Waals surface area contributed by atoms with Gasteiger partial charge in [0, 0.05) is 6.04 Å². The van der Waals surface area contributed by atoms with Crippen molar-refractivity contribution < 1.29 is 4.74 Å². The molecular formula is C14H24N4O. The second-order valence-electron chi connectivity index (χ2n) is 5.12. The fraction of sp³-hybridized carbons (Fsp3) is 0.714. The van der Waals surface area contributed by atoms with Crippen LogP contribution >= 0.6 is 0 Å². The summed E-state index contributed by atoms with van der Waals surface area (Å²) in [5.74, 6) is 1.22. The van der Waals surface area contributed by atoms with Gasteiger partial charge in [0.2, 0.25) is 5.88 Å². The molecule has 106 valence electrons. The summed E-state index contributed by atoms with van der Waals surface area (Å²) in [6, 6.07) is 0.481. The SMILES string of the molecule is CCCCOc1ncnc(NC2CCCCC2)c1N. The average molecular weight is 264 g/mol. The molecule has 0 aromatic carbocycles. The number of ether oxygens (including phenoxy) is 1. The van der Waals surface area contributed by atoms with Crippen LogP contribution in [0.5, 0.6) is 5.88 Å². The Morgan fingerprint density at radius 2 is 2.11 bits per heavy atom. The van der Waals surface area contributed by atoms with E-state index < -0.39 is 0 Å². The van der Waals surface area contributed by atoms with E-state index in [9.17, 15) is 0 Å². The van der Waals surface area contributed by atoms with Gasteiger partial charge in [0.15, 0.2) is 5.82 Å². The second-order valence-corrected chi connectivity index (χ2v) is 5.12. The third-order valence-electron chi connectivity index (χ3n) is 3.53. The van der Waals surface area contributed by atoms with Gasteiger partial charge in [0.1, 0.15) is 12.0 Å². The zero-order valence-electron chi connectivity index (χ0n) is 11.7. The molecule has 0 spiro atoms. The molecular weight excluding hydrogens is 240 g/mol. The van der Waals surface area contributed by atoms with Crippen LogP contribution in [0.3, 0.4) is 0 Å². The summed E-state index contributed by atoms with van der Waals surface area (Å²) in [5, 5.41) is 3.42. The zero-order chi connectivity index (χ0) is 13.5. The Morgan fingerprint density at radius 1 is 1.32 bits per heavy atom. The number of hydrogen-bond acceptors (Lipinski definition) is 5. The van der Waals surface area contributed by atoms with Crippen LogP contribution < -0.4 is 15.8 Å². The van der Waals surface area contributed by atoms with E-state index in [0.29, 0.717) is 30.0 Å². The Hall–Kier alpha value is -1.52. The number of nitrogens with zero attached hydrogens (tertiary/aromatic N) is 2. The van der Waals surface area contributed by atoms with Crippen molar-refractivity contribution in [2.24, 2.45) is 0 Å². The molecule has 2 rings (SSSR count). The quantitative estimate of drug-likeness (QED) is 0.773. The predicted molar refractivity (Wildman–Crippen MR) is 77.3 cm³/mol. The van der Waals surface area contributed by atoms with Crippen molar-refractivity contribution in [3.63, 3.8) is 0 Å². The maximum absolute atomic E-state index is 6.07. The molecule has 1 aromatic rings. The van der Waals surface area contributed by atoms with E-state index in [4.69, 9.17) is 10.5 Å². The molecule has 0 bridgehead atoms. The van der Waals surface area contributed by atoms with Gasteiger partial charge in [-0.15, -0.1) is 0 Å². The van der Waals surface area contributed by atoms with Crippen LogP contribution in [0, 0.1) is 0 Å². The highest BCUT2D eigenvalue weighted by atomic mass is 16.5. The summed E-state index contributed by atoms with van der Waals surface area (Å²) in [4.78, 5) is 8.34. The normalized spacial score (nSPS) is 16.3. The molecule has 1 heterocycles.